The molecule has 0 atom stereocenters. The van der Waals surface area contributed by atoms with E-state index in [0.717, 1.165) is 45.0 Å². The minimum Gasteiger partial charge on any atom is -0.332 e. The lowest BCUT2D eigenvalue weighted by Gasteiger charge is -2.34. The van der Waals surface area contributed by atoms with Crippen LogP contribution in [0.25, 0.3) is 0 Å². The van der Waals surface area contributed by atoms with Gasteiger partial charge >= 0.3 is 0 Å². The van der Waals surface area contributed by atoms with Crippen molar-refractivity contribution >= 4 is 28.9 Å². The summed E-state index contributed by atoms with van der Waals surface area (Å²) >= 11 is 5.20. The molecular weight excluding hydrogens is 356 g/mol. The van der Waals surface area contributed by atoms with Gasteiger partial charge in [0.05, 0.1) is 0 Å². The lowest BCUT2D eigenvalue weighted by atomic mass is 10.2. The highest BCUT2D eigenvalue weighted by atomic mass is 32.1. The van der Waals surface area contributed by atoms with Gasteiger partial charge in [-0.25, -0.2) is 0 Å². The summed E-state index contributed by atoms with van der Waals surface area (Å²) in [5.41, 5.74) is 2.22. The number of piperazine rings is 1. The number of hydrogen-bond acceptors (Lipinski definition) is 4. The molecular formula is C21H26N4OS. The molecule has 6 heteroatoms. The number of carbonyl (C=O) groups is 1. The number of amides is 1. The number of nitrogens with zero attached hydrogens (tertiary/aromatic N) is 2. The van der Waals surface area contributed by atoms with Crippen LogP contribution in [0.1, 0.15) is 12.0 Å². The molecule has 0 aliphatic carbocycles. The van der Waals surface area contributed by atoms with Gasteiger partial charge in [-0.15, -0.1) is 0 Å². The number of rotatable bonds is 6. The van der Waals surface area contributed by atoms with Crippen LogP contribution in [0.3, 0.4) is 0 Å². The second-order valence-corrected chi connectivity index (χ2v) is 7.13. The summed E-state index contributed by atoms with van der Waals surface area (Å²) < 4.78 is 0. The number of nitrogens with one attached hydrogen (secondary N) is 2. The highest BCUT2D eigenvalue weighted by Gasteiger charge is 2.17. The third-order valence-corrected chi connectivity index (χ3v) is 4.86. The Labute approximate surface area is 166 Å². The van der Waals surface area contributed by atoms with Gasteiger partial charge in [0.1, 0.15) is 0 Å². The van der Waals surface area contributed by atoms with E-state index in [1.54, 1.807) is 0 Å². The lowest BCUT2D eigenvalue weighted by molar-refractivity contribution is -0.120. The van der Waals surface area contributed by atoms with Crippen LogP contribution >= 0.6 is 12.2 Å². The highest BCUT2D eigenvalue weighted by molar-refractivity contribution is 7.80. The number of para-hydroxylation sites is 1. The molecule has 2 aromatic carbocycles. The van der Waals surface area contributed by atoms with Gasteiger partial charge in [-0.1, -0.05) is 48.5 Å². The maximum absolute atomic E-state index is 12.1. The van der Waals surface area contributed by atoms with E-state index in [4.69, 9.17) is 12.2 Å². The zero-order chi connectivity index (χ0) is 18.9. The van der Waals surface area contributed by atoms with Gasteiger partial charge in [-0.05, 0) is 29.9 Å². The summed E-state index contributed by atoms with van der Waals surface area (Å²) in [6.45, 7) is 5.81. The van der Waals surface area contributed by atoms with Crippen molar-refractivity contribution in [2.75, 3.05) is 38.0 Å². The monoisotopic (exact) mass is 382 g/mol. The van der Waals surface area contributed by atoms with E-state index in [-0.39, 0.29) is 5.91 Å². The topological polar surface area (TPSA) is 47.6 Å². The van der Waals surface area contributed by atoms with Crippen LogP contribution in [-0.2, 0) is 11.3 Å². The van der Waals surface area contributed by atoms with Gasteiger partial charge in [-0.2, -0.15) is 0 Å². The molecule has 0 radical (unpaired) electrons. The zero-order valence-corrected chi connectivity index (χ0v) is 16.3. The van der Waals surface area contributed by atoms with Crippen molar-refractivity contribution < 1.29 is 4.79 Å². The third-order valence-electron chi connectivity index (χ3n) is 4.65. The Morgan fingerprint density at radius 1 is 0.889 bits per heavy atom. The van der Waals surface area contributed by atoms with Gasteiger partial charge < -0.3 is 15.5 Å². The first-order chi connectivity index (χ1) is 13.2. The van der Waals surface area contributed by atoms with Crippen LogP contribution < -0.4 is 10.6 Å². The average molecular weight is 383 g/mol. The summed E-state index contributed by atoms with van der Waals surface area (Å²) in [6.07, 6.45) is 0.454. The van der Waals surface area contributed by atoms with Crippen molar-refractivity contribution in [1.29, 1.82) is 0 Å². The summed E-state index contributed by atoms with van der Waals surface area (Å²) in [6, 6.07) is 20.2. The van der Waals surface area contributed by atoms with Gasteiger partial charge in [0.15, 0.2) is 5.11 Å². The minimum atomic E-state index is -0.0462. The summed E-state index contributed by atoms with van der Waals surface area (Å²) in [7, 11) is 0. The fourth-order valence-corrected chi connectivity index (χ4v) is 3.38. The standard InChI is InChI=1S/C21H26N4OS/c26-20(23-21(27)22-19-9-5-2-6-10-19)11-12-24-13-15-25(16-14-24)17-18-7-3-1-4-8-18/h1-10H,11-17H2,(H2,22,23,26,27). The molecule has 0 aromatic heterocycles. The Balaban J connectivity index is 1.32. The molecule has 1 saturated heterocycles. The predicted octanol–water partition coefficient (Wildman–Crippen LogP) is 2.71. The van der Waals surface area contributed by atoms with Crippen molar-refractivity contribution in [3.8, 4) is 0 Å². The second kappa shape index (κ2) is 10.2. The number of benzene rings is 2. The van der Waals surface area contributed by atoms with Crippen molar-refractivity contribution in [3.05, 3.63) is 66.2 Å². The fraction of sp³-hybridized carbons (Fsp3) is 0.333. The van der Waals surface area contributed by atoms with Crippen LogP contribution in [0.5, 0.6) is 0 Å². The first-order valence-electron chi connectivity index (χ1n) is 9.33. The SMILES string of the molecule is O=C(CCN1CCN(Cc2ccccc2)CC1)NC(=S)Nc1ccccc1. The maximum Gasteiger partial charge on any atom is 0.227 e. The molecule has 1 aliphatic heterocycles. The molecule has 142 valence electrons. The van der Waals surface area contributed by atoms with Crippen LogP contribution in [0, 0.1) is 0 Å². The molecule has 0 bridgehead atoms. The van der Waals surface area contributed by atoms with Gasteiger partial charge in [0, 0.05) is 51.4 Å². The Bertz CT molecular complexity index is 730. The Morgan fingerprint density at radius 2 is 1.48 bits per heavy atom. The molecule has 0 unspecified atom stereocenters. The van der Waals surface area contributed by atoms with E-state index < -0.39 is 0 Å². The zero-order valence-electron chi connectivity index (χ0n) is 15.4. The maximum atomic E-state index is 12.1. The summed E-state index contributed by atoms with van der Waals surface area (Å²) in [5, 5.41) is 6.12. The molecule has 2 N–H and O–H groups in total. The predicted molar refractivity (Wildman–Crippen MR) is 114 cm³/mol. The van der Waals surface area contributed by atoms with Gasteiger partial charge in [0.25, 0.3) is 0 Å². The van der Waals surface area contributed by atoms with Crippen molar-refractivity contribution in [2.45, 2.75) is 13.0 Å². The fourth-order valence-electron chi connectivity index (χ4n) is 3.15. The van der Waals surface area contributed by atoms with Crippen LogP contribution in [0.2, 0.25) is 0 Å². The largest absolute Gasteiger partial charge is 0.332 e. The molecule has 3 rings (SSSR count). The summed E-state index contributed by atoms with van der Waals surface area (Å²) in [4.78, 5) is 16.9. The van der Waals surface area contributed by atoms with Gasteiger partial charge in [-0.3, -0.25) is 9.69 Å². The molecule has 1 heterocycles. The van der Waals surface area contributed by atoms with E-state index in [1.807, 2.05) is 36.4 Å². The molecule has 0 saturated carbocycles. The normalized spacial score (nSPS) is 15.3. The van der Waals surface area contributed by atoms with Crippen LogP contribution in [0.4, 0.5) is 5.69 Å². The van der Waals surface area contributed by atoms with Crippen molar-refractivity contribution in [2.24, 2.45) is 0 Å². The number of anilines is 1. The number of carbonyl (C=O) groups excluding carboxylic acids is 1. The molecule has 5 nitrogen and oxygen atoms in total. The molecule has 1 aliphatic rings. The minimum absolute atomic E-state index is 0.0462. The Kier molecular flexibility index (Phi) is 7.33. The molecule has 1 amide bonds. The Morgan fingerprint density at radius 3 is 2.15 bits per heavy atom. The molecule has 27 heavy (non-hydrogen) atoms. The lowest BCUT2D eigenvalue weighted by Crippen LogP contribution is -2.47. The van der Waals surface area contributed by atoms with Crippen molar-refractivity contribution in [3.63, 3.8) is 0 Å². The quantitative estimate of drug-likeness (QED) is 0.753. The molecule has 2 aromatic rings. The molecule has 0 spiro atoms. The average Bonchev–Trinajstić information content (AvgIpc) is 2.69. The van der Waals surface area contributed by atoms with E-state index in [0.29, 0.717) is 11.5 Å². The number of hydrogen-bond donors (Lipinski definition) is 2. The van der Waals surface area contributed by atoms with Crippen LogP contribution in [0.15, 0.2) is 60.7 Å². The van der Waals surface area contributed by atoms with E-state index in [1.165, 1.54) is 5.56 Å². The van der Waals surface area contributed by atoms with E-state index >= 15 is 0 Å². The molecule has 1 fully saturated rings. The first-order valence-corrected chi connectivity index (χ1v) is 9.74. The highest BCUT2D eigenvalue weighted by Crippen LogP contribution is 2.09. The smallest absolute Gasteiger partial charge is 0.227 e. The third kappa shape index (κ3) is 6.75. The van der Waals surface area contributed by atoms with Crippen molar-refractivity contribution in [1.82, 2.24) is 15.1 Å². The van der Waals surface area contributed by atoms with Crippen LogP contribution in [-0.4, -0.2) is 53.5 Å². The Hall–Kier alpha value is -2.28. The van der Waals surface area contributed by atoms with Gasteiger partial charge in [0.2, 0.25) is 5.91 Å². The van der Waals surface area contributed by atoms with E-state index in [2.05, 4.69) is 44.7 Å². The first kappa shape index (κ1) is 19.5. The van der Waals surface area contributed by atoms with E-state index in [9.17, 15) is 4.79 Å². The number of thiocarbonyl (C=S) groups is 1. The summed E-state index contributed by atoms with van der Waals surface area (Å²) in [5.74, 6) is -0.0462. The second-order valence-electron chi connectivity index (χ2n) is 6.72.